The van der Waals surface area contributed by atoms with E-state index in [9.17, 15) is 0 Å². The second kappa shape index (κ2) is 34.5. The molecule has 0 N–H and O–H groups in total. The zero-order valence-electron chi connectivity index (χ0n) is 20.8. The van der Waals surface area contributed by atoms with Gasteiger partial charge in [-0.25, -0.2) is 0 Å². The van der Waals surface area contributed by atoms with Crippen LogP contribution in [-0.2, 0) is 12.7 Å². The summed E-state index contributed by atoms with van der Waals surface area (Å²) >= 11 is 0.569. The average molecular weight is 536 g/mol. The fourth-order valence-corrected chi connectivity index (χ4v) is 9.93. The van der Waals surface area contributed by atoms with Crippen molar-refractivity contribution in [3.05, 3.63) is 0 Å². The minimum absolute atomic E-state index is 0.0675. The van der Waals surface area contributed by atoms with Crippen LogP contribution in [0.1, 0.15) is 119 Å². The van der Waals surface area contributed by atoms with E-state index >= 15 is 0 Å². The first kappa shape index (κ1) is 35.5. The number of hydrogen-bond acceptors (Lipinski definition) is 0. The summed E-state index contributed by atoms with van der Waals surface area (Å²) in [4.78, 5) is 0. The summed E-state index contributed by atoms with van der Waals surface area (Å²) in [6.07, 6.45) is 26.8. The van der Waals surface area contributed by atoms with Crippen LogP contribution in [0.3, 0.4) is 0 Å². The van der Waals surface area contributed by atoms with Crippen LogP contribution >= 0.6 is 36.2 Å². The molecule has 0 atom stereocenters. The van der Waals surface area contributed by atoms with Gasteiger partial charge in [0.1, 0.15) is 0 Å². The predicted octanol–water partition coefficient (Wildman–Crippen LogP) is 10.6. The zero-order chi connectivity index (χ0) is 22.6. The van der Waals surface area contributed by atoms with Gasteiger partial charge in [0.25, 0.3) is 0 Å². The monoisotopic (exact) mass is 534 g/mol. The van der Waals surface area contributed by atoms with Crippen LogP contribution in [0.4, 0.5) is 0 Å². The first-order valence-electron chi connectivity index (χ1n) is 12.6. The Morgan fingerprint density at radius 1 is 0.414 bits per heavy atom. The summed E-state index contributed by atoms with van der Waals surface area (Å²) in [6, 6.07) is 0. The molecule has 0 unspecified atom stereocenters. The van der Waals surface area contributed by atoms with E-state index in [2.05, 4.69) is 41.5 Å². The summed E-state index contributed by atoms with van der Waals surface area (Å²) in [6.45, 7) is 13.9. The van der Waals surface area contributed by atoms with Crippen LogP contribution in [0.5, 0.6) is 0 Å². The molecule has 0 aromatic carbocycles. The van der Waals surface area contributed by atoms with Crippen molar-refractivity contribution in [2.24, 2.45) is 0 Å². The van der Waals surface area contributed by atoms with E-state index in [1.54, 1.807) is 37.0 Å². The Bertz CT molecular complexity index is 197. The second-order valence-corrected chi connectivity index (χ2v) is 15.8. The van der Waals surface area contributed by atoms with Crippen LogP contribution in [0.25, 0.3) is 0 Å². The molecule has 184 valence electrons. The molecular weight excluding hydrogens is 480 g/mol. The first-order valence-corrected chi connectivity index (χ1v) is 19.6. The fourth-order valence-electron chi connectivity index (χ4n) is 3.31. The number of halogens is 2. The number of hydrogen-bond donors (Lipinski definition) is 0. The minimum atomic E-state index is 0.0675. The molecular formula is C24H56Cl2NiP2+2. The van der Waals surface area contributed by atoms with Gasteiger partial charge >= 0.3 is 33.0 Å². The van der Waals surface area contributed by atoms with Gasteiger partial charge in [0, 0.05) is 15.8 Å². The van der Waals surface area contributed by atoms with Crippen molar-refractivity contribution in [3.63, 3.8) is 0 Å². The predicted molar refractivity (Wildman–Crippen MR) is 147 cm³/mol. The molecule has 0 heterocycles. The van der Waals surface area contributed by atoms with Crippen LogP contribution in [-0.4, -0.2) is 37.0 Å². The Labute approximate surface area is 203 Å². The molecule has 0 nitrogen and oxygen atoms in total. The van der Waals surface area contributed by atoms with Crippen LogP contribution < -0.4 is 0 Å². The Balaban J connectivity index is -0.000000410. The van der Waals surface area contributed by atoms with E-state index < -0.39 is 0 Å². The Hall–Kier alpha value is 1.93. The Kier molecular flexibility index (Phi) is 42.3. The summed E-state index contributed by atoms with van der Waals surface area (Å²) in [5, 5.41) is 0. The third-order valence-electron chi connectivity index (χ3n) is 5.30. The van der Waals surface area contributed by atoms with E-state index in [1.807, 2.05) is 0 Å². The topological polar surface area (TPSA) is 0 Å². The summed E-state index contributed by atoms with van der Waals surface area (Å²) in [5.74, 6) is 0. The van der Waals surface area contributed by atoms with Crippen molar-refractivity contribution >= 4 is 36.2 Å². The van der Waals surface area contributed by atoms with Crippen molar-refractivity contribution < 1.29 is 12.7 Å². The number of unbranched alkanes of at least 4 members (excludes halogenated alkanes) is 6. The van der Waals surface area contributed by atoms with Gasteiger partial charge < -0.3 is 0 Å². The average Bonchev–Trinajstić information content (AvgIpc) is 2.73. The molecule has 0 spiro atoms. The zero-order valence-corrected chi connectivity index (χ0v) is 25.3. The molecule has 0 radical (unpaired) electrons. The molecule has 0 aromatic heterocycles. The molecule has 0 aliphatic heterocycles. The van der Waals surface area contributed by atoms with E-state index in [1.165, 1.54) is 77.0 Å². The van der Waals surface area contributed by atoms with Crippen molar-refractivity contribution in [2.75, 3.05) is 37.0 Å². The molecule has 0 rings (SSSR count). The summed E-state index contributed by atoms with van der Waals surface area (Å²) in [5.41, 5.74) is 0. The van der Waals surface area contributed by atoms with Gasteiger partial charge in [0.15, 0.2) is 0 Å². The van der Waals surface area contributed by atoms with Crippen molar-refractivity contribution in [1.82, 2.24) is 0 Å². The van der Waals surface area contributed by atoms with Gasteiger partial charge in [-0.2, -0.15) is 0 Å². The molecule has 0 bridgehead atoms. The maximum absolute atomic E-state index is 4.70. The van der Waals surface area contributed by atoms with Crippen molar-refractivity contribution in [2.45, 2.75) is 119 Å². The van der Waals surface area contributed by atoms with Gasteiger partial charge in [0.05, 0.1) is 37.0 Å². The van der Waals surface area contributed by atoms with Gasteiger partial charge in [0.2, 0.25) is 0 Å². The second-order valence-electron chi connectivity index (χ2n) is 8.17. The van der Waals surface area contributed by atoms with E-state index in [0.717, 1.165) is 0 Å². The Morgan fingerprint density at radius 2 is 0.552 bits per heavy atom. The summed E-state index contributed by atoms with van der Waals surface area (Å²) < 4.78 is 0. The number of rotatable bonds is 18. The summed E-state index contributed by atoms with van der Waals surface area (Å²) in [7, 11) is 9.54. The molecule has 0 fully saturated rings. The third kappa shape index (κ3) is 34.7. The first-order chi connectivity index (χ1) is 14.1. The molecule has 0 aromatic rings. The molecule has 0 saturated heterocycles. The van der Waals surface area contributed by atoms with Gasteiger partial charge in [-0.1, -0.05) is 80.1 Å². The quantitative estimate of drug-likeness (QED) is 0.121. The van der Waals surface area contributed by atoms with E-state index in [0.29, 0.717) is 12.7 Å². The molecule has 29 heavy (non-hydrogen) atoms. The van der Waals surface area contributed by atoms with Crippen LogP contribution in [0, 0.1) is 0 Å². The van der Waals surface area contributed by atoms with Gasteiger partial charge in [-0.3, -0.25) is 0 Å². The molecule has 0 amide bonds. The van der Waals surface area contributed by atoms with Crippen molar-refractivity contribution in [1.29, 1.82) is 0 Å². The van der Waals surface area contributed by atoms with Gasteiger partial charge in [-0.15, -0.1) is 0 Å². The Morgan fingerprint density at radius 3 is 0.655 bits per heavy atom. The maximum atomic E-state index is 4.70. The molecule has 0 aliphatic rings. The standard InChI is InChI=1S/2C12H27P.2ClH.Ni/c2*1-4-7-10-13(11-8-5-2)12-9-6-3;;;/h2*4-12H2,1-3H3;2*1H;/q;;;;+2. The molecule has 0 aliphatic carbocycles. The normalized spacial score (nSPS) is 10.7. The van der Waals surface area contributed by atoms with Crippen molar-refractivity contribution in [3.8, 4) is 0 Å². The fraction of sp³-hybridized carbons (Fsp3) is 1.00. The molecule has 0 saturated carbocycles. The van der Waals surface area contributed by atoms with Gasteiger partial charge in [-0.05, 0) is 38.5 Å². The SMILES string of the molecule is CCCC[PH+](CCCC)CCCC.CCCC[PH+](CCCC)CCCC.[Cl][Ni][Cl]. The van der Waals surface area contributed by atoms with Crippen LogP contribution in [0.2, 0.25) is 0 Å². The third-order valence-corrected chi connectivity index (χ3v) is 11.7. The van der Waals surface area contributed by atoms with Crippen LogP contribution in [0.15, 0.2) is 0 Å². The molecule has 5 heteroatoms. The van der Waals surface area contributed by atoms with E-state index in [-0.39, 0.29) is 15.8 Å². The van der Waals surface area contributed by atoms with E-state index in [4.69, 9.17) is 20.4 Å².